The number of rotatable bonds is 6. The van der Waals surface area contributed by atoms with Gasteiger partial charge >= 0.3 is 0 Å². The number of para-hydroxylation sites is 1. The van der Waals surface area contributed by atoms with Crippen molar-refractivity contribution < 1.29 is 0 Å². The number of nitrogens with one attached hydrogen (secondary N) is 2. The van der Waals surface area contributed by atoms with Crippen LogP contribution in [0.25, 0.3) is 11.4 Å². The van der Waals surface area contributed by atoms with Crippen molar-refractivity contribution in [1.29, 1.82) is 0 Å². The number of hydrogen-bond donors (Lipinski definition) is 2. The molecule has 3 aromatic rings. The van der Waals surface area contributed by atoms with Gasteiger partial charge in [-0.25, -0.2) is 4.98 Å². The molecule has 0 unspecified atom stereocenters. The predicted molar refractivity (Wildman–Crippen MR) is 85.1 cm³/mol. The van der Waals surface area contributed by atoms with Crippen LogP contribution in [0.4, 0.5) is 5.69 Å². The number of nitrogens with zero attached hydrogens (tertiary/aromatic N) is 2. The highest BCUT2D eigenvalue weighted by atomic mass is 15.2. The molecule has 0 aliphatic carbocycles. The van der Waals surface area contributed by atoms with Gasteiger partial charge in [-0.3, -0.25) is 5.10 Å². The molecule has 0 saturated carbocycles. The van der Waals surface area contributed by atoms with Crippen LogP contribution in [0, 0.1) is 0 Å². The van der Waals surface area contributed by atoms with Crippen LogP contribution in [-0.4, -0.2) is 21.7 Å². The summed E-state index contributed by atoms with van der Waals surface area (Å²) < 4.78 is 0. The highest BCUT2D eigenvalue weighted by Crippen LogP contribution is 2.13. The van der Waals surface area contributed by atoms with Gasteiger partial charge in [-0.1, -0.05) is 48.5 Å². The average Bonchev–Trinajstić information content (AvgIpc) is 3.02. The van der Waals surface area contributed by atoms with E-state index in [0.717, 1.165) is 42.3 Å². The Balaban J connectivity index is 1.49. The normalized spacial score (nSPS) is 10.5. The van der Waals surface area contributed by atoms with E-state index in [2.05, 4.69) is 32.6 Å². The largest absolute Gasteiger partial charge is 0.385 e. The molecule has 2 aromatic carbocycles. The summed E-state index contributed by atoms with van der Waals surface area (Å²) in [6, 6.07) is 20.2. The molecule has 0 bridgehead atoms. The smallest absolute Gasteiger partial charge is 0.181 e. The molecular formula is C17H18N4. The van der Waals surface area contributed by atoms with Crippen LogP contribution in [0.2, 0.25) is 0 Å². The highest BCUT2D eigenvalue weighted by molar-refractivity contribution is 5.53. The standard InChI is InChI=1S/C17H18N4/c1-3-8-14(9-4-1)17-19-16(20-21-17)12-7-13-18-15-10-5-2-6-11-15/h1-6,8-11,18H,7,12-13H2,(H,19,20,21). The van der Waals surface area contributed by atoms with Crippen molar-refractivity contribution in [2.24, 2.45) is 0 Å². The van der Waals surface area contributed by atoms with Crippen molar-refractivity contribution in [3.63, 3.8) is 0 Å². The number of anilines is 1. The second kappa shape index (κ2) is 6.70. The number of hydrogen-bond acceptors (Lipinski definition) is 3. The first-order chi connectivity index (χ1) is 10.4. The number of H-pyrrole nitrogens is 1. The Morgan fingerprint density at radius 1 is 0.905 bits per heavy atom. The van der Waals surface area contributed by atoms with E-state index in [1.165, 1.54) is 0 Å². The lowest BCUT2D eigenvalue weighted by Gasteiger charge is -2.04. The van der Waals surface area contributed by atoms with Crippen molar-refractivity contribution >= 4 is 5.69 Å². The molecule has 0 saturated heterocycles. The topological polar surface area (TPSA) is 53.6 Å². The molecule has 2 N–H and O–H groups in total. The van der Waals surface area contributed by atoms with E-state index in [1.54, 1.807) is 0 Å². The predicted octanol–water partition coefficient (Wildman–Crippen LogP) is 3.52. The van der Waals surface area contributed by atoms with Gasteiger partial charge in [0.1, 0.15) is 5.82 Å². The lowest BCUT2D eigenvalue weighted by atomic mass is 10.2. The van der Waals surface area contributed by atoms with Crippen molar-refractivity contribution in [2.45, 2.75) is 12.8 Å². The van der Waals surface area contributed by atoms with Gasteiger partial charge in [0.25, 0.3) is 0 Å². The van der Waals surface area contributed by atoms with Crippen molar-refractivity contribution in [1.82, 2.24) is 15.2 Å². The van der Waals surface area contributed by atoms with E-state index in [1.807, 2.05) is 48.5 Å². The maximum atomic E-state index is 4.53. The number of aryl methyl sites for hydroxylation is 1. The fraction of sp³-hybridized carbons (Fsp3) is 0.176. The van der Waals surface area contributed by atoms with Gasteiger partial charge in [-0.05, 0) is 18.6 Å². The minimum atomic E-state index is 0.765. The maximum Gasteiger partial charge on any atom is 0.181 e. The first-order valence-electron chi connectivity index (χ1n) is 7.17. The molecule has 1 aromatic heterocycles. The molecule has 4 heteroatoms. The number of aromatic nitrogens is 3. The van der Waals surface area contributed by atoms with Crippen LogP contribution >= 0.6 is 0 Å². The third-order valence-electron chi connectivity index (χ3n) is 3.26. The summed E-state index contributed by atoms with van der Waals surface area (Å²) in [5.41, 5.74) is 2.20. The Bertz CT molecular complexity index is 662. The van der Waals surface area contributed by atoms with Gasteiger partial charge in [0, 0.05) is 24.2 Å². The van der Waals surface area contributed by atoms with E-state index in [4.69, 9.17) is 0 Å². The van der Waals surface area contributed by atoms with Crippen LogP contribution in [0.15, 0.2) is 60.7 Å². The Morgan fingerprint density at radius 2 is 1.62 bits per heavy atom. The zero-order valence-corrected chi connectivity index (χ0v) is 11.8. The van der Waals surface area contributed by atoms with Crippen molar-refractivity contribution in [3.05, 3.63) is 66.5 Å². The second-order valence-electron chi connectivity index (χ2n) is 4.87. The molecule has 1 heterocycles. The molecular weight excluding hydrogens is 260 g/mol. The third-order valence-corrected chi connectivity index (χ3v) is 3.26. The molecule has 0 aliphatic rings. The van der Waals surface area contributed by atoms with Gasteiger partial charge in [-0.15, -0.1) is 0 Å². The molecule has 106 valence electrons. The Labute approximate surface area is 124 Å². The third kappa shape index (κ3) is 3.69. The lowest BCUT2D eigenvalue weighted by Crippen LogP contribution is -2.03. The summed E-state index contributed by atoms with van der Waals surface area (Å²) in [5, 5.41) is 10.7. The van der Waals surface area contributed by atoms with Crippen LogP contribution in [0.3, 0.4) is 0 Å². The lowest BCUT2D eigenvalue weighted by molar-refractivity contribution is 0.806. The van der Waals surface area contributed by atoms with Crippen LogP contribution in [0.1, 0.15) is 12.2 Å². The summed E-state index contributed by atoms with van der Waals surface area (Å²) in [4.78, 5) is 4.53. The molecule has 3 rings (SSSR count). The number of aromatic amines is 1. The van der Waals surface area contributed by atoms with E-state index < -0.39 is 0 Å². The van der Waals surface area contributed by atoms with Gasteiger partial charge in [0.15, 0.2) is 5.82 Å². The molecule has 0 radical (unpaired) electrons. The molecule has 21 heavy (non-hydrogen) atoms. The first-order valence-corrected chi connectivity index (χ1v) is 7.17. The summed E-state index contributed by atoms with van der Waals surface area (Å²) in [7, 11) is 0. The van der Waals surface area contributed by atoms with Gasteiger partial charge in [0.2, 0.25) is 0 Å². The van der Waals surface area contributed by atoms with Gasteiger partial charge in [-0.2, -0.15) is 5.10 Å². The van der Waals surface area contributed by atoms with Gasteiger partial charge < -0.3 is 5.32 Å². The molecule has 0 atom stereocenters. The SMILES string of the molecule is c1ccc(NCCCc2nc(-c3ccccc3)n[nH]2)cc1. The van der Waals surface area contributed by atoms with Crippen molar-refractivity contribution in [3.8, 4) is 11.4 Å². The quantitative estimate of drug-likeness (QED) is 0.678. The Hall–Kier alpha value is -2.62. The maximum absolute atomic E-state index is 4.53. The summed E-state index contributed by atoms with van der Waals surface area (Å²) >= 11 is 0. The van der Waals surface area contributed by atoms with E-state index >= 15 is 0 Å². The van der Waals surface area contributed by atoms with E-state index in [0.29, 0.717) is 0 Å². The molecule has 0 fully saturated rings. The number of benzene rings is 2. The highest BCUT2D eigenvalue weighted by Gasteiger charge is 2.04. The summed E-state index contributed by atoms with van der Waals surface area (Å²) in [5.74, 6) is 1.70. The van der Waals surface area contributed by atoms with Crippen LogP contribution in [-0.2, 0) is 6.42 Å². The summed E-state index contributed by atoms with van der Waals surface area (Å²) in [6.07, 6.45) is 1.90. The van der Waals surface area contributed by atoms with Crippen molar-refractivity contribution in [2.75, 3.05) is 11.9 Å². The second-order valence-corrected chi connectivity index (χ2v) is 4.87. The average molecular weight is 278 g/mol. The molecule has 0 spiro atoms. The van der Waals surface area contributed by atoms with E-state index in [9.17, 15) is 0 Å². The van der Waals surface area contributed by atoms with Crippen LogP contribution < -0.4 is 5.32 Å². The molecule has 0 amide bonds. The minimum Gasteiger partial charge on any atom is -0.385 e. The fourth-order valence-corrected chi connectivity index (χ4v) is 2.17. The Kier molecular flexibility index (Phi) is 4.27. The minimum absolute atomic E-state index is 0.765. The fourth-order valence-electron chi connectivity index (χ4n) is 2.17. The zero-order chi connectivity index (χ0) is 14.3. The first kappa shape index (κ1) is 13.4. The molecule has 4 nitrogen and oxygen atoms in total. The van der Waals surface area contributed by atoms with Gasteiger partial charge in [0.05, 0.1) is 0 Å². The Morgan fingerprint density at radius 3 is 2.38 bits per heavy atom. The van der Waals surface area contributed by atoms with E-state index in [-0.39, 0.29) is 0 Å². The molecule has 0 aliphatic heterocycles. The summed E-state index contributed by atoms with van der Waals surface area (Å²) in [6.45, 7) is 0.922. The monoisotopic (exact) mass is 278 g/mol. The van der Waals surface area contributed by atoms with Crippen LogP contribution in [0.5, 0.6) is 0 Å². The zero-order valence-electron chi connectivity index (χ0n) is 11.8.